The molecule has 1 aliphatic carbocycles. The van der Waals surface area contributed by atoms with Crippen LogP contribution in [0.4, 0.5) is 15.3 Å². The number of carbonyl (C=O) groups is 9. The molecule has 0 aliphatic heterocycles. The maximum Gasteiger partial charge on any atom is 0.410 e. The number of hydrogen-bond acceptors (Lipinski definition) is 14. The van der Waals surface area contributed by atoms with Crippen LogP contribution < -0.4 is 21.7 Å². The Labute approximate surface area is 405 Å². The topological polar surface area (TPSA) is 256 Å². The van der Waals surface area contributed by atoms with E-state index in [4.69, 9.17) is 24.7 Å². The van der Waals surface area contributed by atoms with E-state index < -0.39 is 78.2 Å². The first-order valence-corrected chi connectivity index (χ1v) is 24.3. The minimum Gasteiger partial charge on any atom is -0.462 e. The highest BCUT2D eigenvalue weighted by atomic mass is 32.2. The van der Waals surface area contributed by atoms with E-state index in [2.05, 4.69) is 43.0 Å². The summed E-state index contributed by atoms with van der Waals surface area (Å²) in [4.78, 5) is 116. The summed E-state index contributed by atoms with van der Waals surface area (Å²) in [6, 6.07) is 4.34. The molecule has 5 amide bonds. The van der Waals surface area contributed by atoms with E-state index in [9.17, 15) is 43.2 Å². The molecule has 1 unspecified atom stereocenters. The Morgan fingerprint density at radius 3 is 1.88 bits per heavy atom. The number of rotatable bonds is 29. The quantitative estimate of drug-likeness (QED) is 0.0309. The molecular formula is C49H73N5O13S. The average Bonchev–Trinajstić information content (AvgIpc) is 3.26. The van der Waals surface area contributed by atoms with Crippen molar-refractivity contribution in [2.75, 3.05) is 30.4 Å². The summed E-state index contributed by atoms with van der Waals surface area (Å²) in [6.45, 7) is 20.3. The average molecular weight is 972 g/mol. The number of anilines is 1. The Morgan fingerprint density at radius 1 is 0.794 bits per heavy atom. The van der Waals surface area contributed by atoms with Gasteiger partial charge in [-0.1, -0.05) is 73.8 Å². The summed E-state index contributed by atoms with van der Waals surface area (Å²) in [5, 5.41) is 8.10. The zero-order chi connectivity index (χ0) is 51.1. The Morgan fingerprint density at radius 2 is 1.37 bits per heavy atom. The number of ketones is 2. The summed E-state index contributed by atoms with van der Waals surface area (Å²) < 4.78 is 21.8. The molecule has 0 bridgehead atoms. The maximum absolute atomic E-state index is 13.8. The molecule has 1 aromatic rings. The number of primary amides is 1. The number of carbonyl (C=O) groups excluding carboxylic acids is 9. The molecule has 1 aliphatic rings. The Bertz CT molecular complexity index is 1880. The number of ether oxygens (including phenoxy) is 4. The van der Waals surface area contributed by atoms with Crippen molar-refractivity contribution in [1.82, 2.24) is 15.5 Å². The van der Waals surface area contributed by atoms with Crippen molar-refractivity contribution < 1.29 is 62.1 Å². The van der Waals surface area contributed by atoms with Crippen molar-refractivity contribution in [2.24, 2.45) is 35.3 Å². The first-order valence-electron chi connectivity index (χ1n) is 23.2. The molecule has 7 atom stereocenters. The number of nitrogens with two attached hydrogens (primary N) is 1. The van der Waals surface area contributed by atoms with Crippen molar-refractivity contribution in [2.45, 2.75) is 137 Å². The third-order valence-corrected chi connectivity index (χ3v) is 12.5. The Kier molecular flexibility index (Phi) is 25.7. The van der Waals surface area contributed by atoms with Crippen molar-refractivity contribution in [1.29, 1.82) is 0 Å². The van der Waals surface area contributed by atoms with Crippen LogP contribution in [-0.2, 0) is 59.1 Å². The summed E-state index contributed by atoms with van der Waals surface area (Å²) in [5.41, 5.74) is 6.27. The van der Waals surface area contributed by atoms with E-state index in [1.807, 2.05) is 20.8 Å². The predicted octanol–water partition coefficient (Wildman–Crippen LogP) is 6.05. The van der Waals surface area contributed by atoms with Gasteiger partial charge in [-0.3, -0.25) is 24.0 Å². The van der Waals surface area contributed by atoms with Gasteiger partial charge in [0.05, 0.1) is 24.3 Å². The normalized spacial score (nSPS) is 17.4. The highest BCUT2D eigenvalue weighted by molar-refractivity contribution is 7.99. The second-order valence-electron chi connectivity index (χ2n) is 18.2. The number of likely N-dealkylation sites (N-methyl/N-ethyl adjacent to an activating group) is 1. The van der Waals surface area contributed by atoms with Crippen molar-refractivity contribution in [3.8, 4) is 0 Å². The zero-order valence-corrected chi connectivity index (χ0v) is 41.7. The van der Waals surface area contributed by atoms with Gasteiger partial charge in [-0.25, -0.2) is 19.2 Å². The first-order chi connectivity index (χ1) is 32.0. The molecule has 0 radical (unpaired) electrons. The second kappa shape index (κ2) is 29.9. The largest absolute Gasteiger partial charge is 0.462 e. The van der Waals surface area contributed by atoms with Crippen LogP contribution in [0.25, 0.3) is 0 Å². The number of nitrogens with zero attached hydrogens (tertiary/aromatic N) is 1. The lowest BCUT2D eigenvalue weighted by atomic mass is 9.87. The summed E-state index contributed by atoms with van der Waals surface area (Å²) >= 11 is 1.16. The molecule has 0 saturated heterocycles. The fourth-order valence-corrected chi connectivity index (χ4v) is 8.26. The molecule has 0 heterocycles. The molecule has 1 aromatic carbocycles. The van der Waals surface area contributed by atoms with Gasteiger partial charge in [0, 0.05) is 75.2 Å². The van der Waals surface area contributed by atoms with E-state index in [1.165, 1.54) is 4.90 Å². The molecule has 19 heteroatoms. The van der Waals surface area contributed by atoms with Gasteiger partial charge in [0.1, 0.15) is 24.9 Å². The number of thioether (sulfide) groups is 1. The molecule has 0 spiro atoms. The second-order valence-corrected chi connectivity index (χ2v) is 19.3. The van der Waals surface area contributed by atoms with Crippen LogP contribution >= 0.6 is 11.8 Å². The SMILES string of the molecule is C=CC(=O)O[C@@H]1CC(OC(=O)CCSCC(=O)N[C@H](C(=O)C[C@@H](CCCNC(N)=O)C(=O)Nc2ccc(COC(=O)N(C)[C@H](C(=O)C[C@H](C)C(C)C)C(C)C)cc2)C(C)C)C[C@H](OC(=O)C=C)C1. The van der Waals surface area contributed by atoms with Gasteiger partial charge in [-0.2, -0.15) is 11.8 Å². The molecule has 1 fully saturated rings. The highest BCUT2D eigenvalue weighted by Crippen LogP contribution is 2.28. The number of esters is 3. The molecular weight excluding hydrogens is 899 g/mol. The zero-order valence-electron chi connectivity index (χ0n) is 40.9. The van der Waals surface area contributed by atoms with E-state index in [0.717, 1.165) is 23.9 Å². The van der Waals surface area contributed by atoms with Crippen LogP contribution in [-0.4, -0.2) is 114 Å². The van der Waals surface area contributed by atoms with Crippen LogP contribution in [0, 0.1) is 29.6 Å². The van der Waals surface area contributed by atoms with Crippen LogP contribution in [0.1, 0.15) is 105 Å². The fraction of sp³-hybridized carbons (Fsp3) is 0.612. The standard InChI is InChI=1S/C49H73N5O13S/c1-11-42(58)65-36-24-37(66-43(59)12-2)26-38(25-36)67-44(60)19-21-68-28-41(57)53-45(30(5)6)39(55)23-34(14-13-20-51-48(50)62)47(61)52-35-17-15-33(16-18-35)27-64-49(63)54(10)46(31(7)8)40(56)22-32(9)29(3)4/h11-12,15-18,29-32,34,36-38,45-46H,1-2,13-14,19-28H2,3-10H3,(H,52,61)(H,53,57)(H3,50,51,62)/t32-,34+,36-,37+,38?,45-,46-/m0/s1. The van der Waals surface area contributed by atoms with Crippen LogP contribution in [0.2, 0.25) is 0 Å². The van der Waals surface area contributed by atoms with E-state index in [1.54, 1.807) is 45.2 Å². The monoisotopic (exact) mass is 971 g/mol. The molecule has 5 N–H and O–H groups in total. The van der Waals surface area contributed by atoms with E-state index >= 15 is 0 Å². The number of hydrogen-bond donors (Lipinski definition) is 4. The van der Waals surface area contributed by atoms with Gasteiger partial charge < -0.3 is 45.5 Å². The van der Waals surface area contributed by atoms with Crippen LogP contribution in [0.3, 0.4) is 0 Å². The summed E-state index contributed by atoms with van der Waals surface area (Å²) in [6.07, 6.45) is 0.615. The Hall–Kier alpha value is -5.72. The van der Waals surface area contributed by atoms with Gasteiger partial charge in [0.25, 0.3) is 0 Å². The molecule has 68 heavy (non-hydrogen) atoms. The lowest BCUT2D eigenvalue weighted by Gasteiger charge is -2.33. The summed E-state index contributed by atoms with van der Waals surface area (Å²) in [7, 11) is 1.56. The van der Waals surface area contributed by atoms with Gasteiger partial charge in [0.15, 0.2) is 11.6 Å². The van der Waals surface area contributed by atoms with Crippen molar-refractivity contribution >= 4 is 70.9 Å². The molecule has 18 nitrogen and oxygen atoms in total. The third kappa shape index (κ3) is 21.5. The number of benzene rings is 1. The molecule has 0 aromatic heterocycles. The number of amides is 5. The van der Waals surface area contributed by atoms with Crippen LogP contribution in [0.15, 0.2) is 49.6 Å². The van der Waals surface area contributed by atoms with Gasteiger partial charge >= 0.3 is 30.0 Å². The predicted molar refractivity (Wildman–Crippen MR) is 258 cm³/mol. The fourth-order valence-electron chi connectivity index (χ4n) is 7.53. The van der Waals surface area contributed by atoms with Crippen molar-refractivity contribution in [3.63, 3.8) is 0 Å². The first kappa shape index (κ1) is 58.4. The van der Waals surface area contributed by atoms with Gasteiger partial charge in [-0.15, -0.1) is 0 Å². The minimum absolute atomic E-state index is 0.0196. The third-order valence-electron chi connectivity index (χ3n) is 11.5. The number of nitrogens with one attached hydrogen (secondary N) is 3. The lowest BCUT2D eigenvalue weighted by Crippen LogP contribution is -2.46. The minimum atomic E-state index is -0.928. The van der Waals surface area contributed by atoms with Gasteiger partial charge in [-0.05, 0) is 54.2 Å². The number of Topliss-reactive ketones (excluding diaryl/α,β-unsaturated/α-hetero) is 2. The molecule has 378 valence electrons. The van der Waals surface area contributed by atoms with Crippen molar-refractivity contribution in [3.05, 3.63) is 55.1 Å². The summed E-state index contributed by atoms with van der Waals surface area (Å²) in [5.74, 6) is -3.84. The van der Waals surface area contributed by atoms with Gasteiger partial charge in [0.2, 0.25) is 11.8 Å². The smallest absolute Gasteiger partial charge is 0.410 e. The van der Waals surface area contributed by atoms with E-state index in [-0.39, 0.29) is 92.5 Å². The molecule has 1 saturated carbocycles. The highest BCUT2D eigenvalue weighted by Gasteiger charge is 2.36. The van der Waals surface area contributed by atoms with Crippen LogP contribution in [0.5, 0.6) is 0 Å². The lowest BCUT2D eigenvalue weighted by molar-refractivity contribution is -0.165. The maximum atomic E-state index is 13.8. The van der Waals surface area contributed by atoms with E-state index in [0.29, 0.717) is 30.0 Å². The molecule has 2 rings (SSSR count). The number of urea groups is 1. The Balaban J connectivity index is 1.99.